The van der Waals surface area contributed by atoms with Crippen LogP contribution in [0.15, 0.2) is 24.4 Å². The van der Waals surface area contributed by atoms with Crippen molar-refractivity contribution in [3.63, 3.8) is 0 Å². The maximum Gasteiger partial charge on any atom is 0.150 e. The molecule has 4 heteroatoms. The zero-order chi connectivity index (χ0) is 13.6. The molecule has 1 saturated heterocycles. The van der Waals surface area contributed by atoms with Gasteiger partial charge in [0.15, 0.2) is 5.82 Å². The molecule has 1 aliphatic heterocycles. The molecule has 2 unspecified atom stereocenters. The van der Waals surface area contributed by atoms with Gasteiger partial charge in [0.25, 0.3) is 0 Å². The predicted molar refractivity (Wildman–Crippen MR) is 76.7 cm³/mol. The number of halogens is 1. The van der Waals surface area contributed by atoms with Crippen LogP contribution in [0.3, 0.4) is 0 Å². The fraction of sp³-hybridized carbons (Fsp3) is 0.400. The Bertz CT molecular complexity index is 626. The third kappa shape index (κ3) is 1.91. The van der Waals surface area contributed by atoms with Gasteiger partial charge >= 0.3 is 0 Å². The van der Waals surface area contributed by atoms with E-state index in [1.165, 1.54) is 6.07 Å². The van der Waals surface area contributed by atoms with E-state index in [1.54, 1.807) is 6.20 Å². The van der Waals surface area contributed by atoms with Gasteiger partial charge in [-0.05, 0) is 37.5 Å². The van der Waals surface area contributed by atoms with E-state index in [4.69, 9.17) is 5.73 Å². The van der Waals surface area contributed by atoms with Crippen LogP contribution in [0, 0.1) is 11.7 Å². The first kappa shape index (κ1) is 12.2. The van der Waals surface area contributed by atoms with Gasteiger partial charge in [0.05, 0.1) is 5.52 Å². The molecule has 1 aromatic carbocycles. The first-order valence-corrected chi connectivity index (χ1v) is 6.67. The number of hydrogen-bond donors (Lipinski definition) is 1. The first-order chi connectivity index (χ1) is 9.08. The van der Waals surface area contributed by atoms with Crippen molar-refractivity contribution in [3.8, 4) is 0 Å². The Balaban J connectivity index is 2.23. The minimum Gasteiger partial charge on any atom is -0.398 e. The number of nitrogens with zero attached hydrogens (tertiary/aromatic N) is 2. The standard InChI is InChI=1S/C15H18FN3/c1-9-6-10(2)19(8-9)15-12(16)7-13(17)11-4-3-5-18-14(11)15/h3-5,7,9-10H,6,8,17H2,1-2H3. The van der Waals surface area contributed by atoms with Gasteiger partial charge in [0.1, 0.15) is 5.69 Å². The SMILES string of the molecule is CC1CC(C)N(c2c(F)cc(N)c3cccnc23)C1. The number of fused-ring (bicyclic) bond motifs is 1. The zero-order valence-electron chi connectivity index (χ0n) is 11.2. The van der Waals surface area contributed by atoms with Crippen molar-refractivity contribution in [2.45, 2.75) is 26.3 Å². The number of aromatic nitrogens is 1. The summed E-state index contributed by atoms with van der Waals surface area (Å²) in [7, 11) is 0. The summed E-state index contributed by atoms with van der Waals surface area (Å²) in [5.74, 6) is 0.301. The molecule has 2 N–H and O–H groups in total. The van der Waals surface area contributed by atoms with Crippen LogP contribution in [0.5, 0.6) is 0 Å². The third-order valence-electron chi connectivity index (χ3n) is 3.92. The highest BCUT2D eigenvalue weighted by molar-refractivity contribution is 5.99. The van der Waals surface area contributed by atoms with E-state index in [0.717, 1.165) is 18.4 Å². The van der Waals surface area contributed by atoms with Crippen molar-refractivity contribution >= 4 is 22.3 Å². The molecule has 0 spiro atoms. The smallest absolute Gasteiger partial charge is 0.150 e. The number of benzene rings is 1. The molecule has 2 atom stereocenters. The van der Waals surface area contributed by atoms with Crippen molar-refractivity contribution < 1.29 is 4.39 Å². The van der Waals surface area contributed by atoms with Crippen LogP contribution in [0.2, 0.25) is 0 Å². The van der Waals surface area contributed by atoms with Crippen LogP contribution in [0.1, 0.15) is 20.3 Å². The fourth-order valence-electron chi connectivity index (χ4n) is 3.11. The summed E-state index contributed by atoms with van der Waals surface area (Å²) in [6, 6.07) is 5.47. The lowest BCUT2D eigenvalue weighted by Crippen LogP contribution is -2.28. The van der Waals surface area contributed by atoms with Crippen molar-refractivity contribution in [1.82, 2.24) is 4.98 Å². The second-order valence-electron chi connectivity index (χ2n) is 5.54. The average Bonchev–Trinajstić information content (AvgIpc) is 2.69. The highest BCUT2D eigenvalue weighted by atomic mass is 19.1. The van der Waals surface area contributed by atoms with Gasteiger partial charge in [0.2, 0.25) is 0 Å². The molecule has 1 fully saturated rings. The van der Waals surface area contributed by atoms with Crippen LogP contribution in [-0.4, -0.2) is 17.6 Å². The lowest BCUT2D eigenvalue weighted by atomic mass is 10.1. The van der Waals surface area contributed by atoms with Crippen LogP contribution in [0.25, 0.3) is 10.9 Å². The quantitative estimate of drug-likeness (QED) is 0.800. The highest BCUT2D eigenvalue weighted by Crippen LogP contribution is 2.37. The van der Waals surface area contributed by atoms with Crippen molar-refractivity contribution in [2.24, 2.45) is 5.92 Å². The molecule has 0 radical (unpaired) electrons. The Kier molecular flexibility index (Phi) is 2.81. The molecule has 0 bridgehead atoms. The van der Waals surface area contributed by atoms with E-state index < -0.39 is 0 Å². The molecular weight excluding hydrogens is 241 g/mol. The number of hydrogen-bond acceptors (Lipinski definition) is 3. The van der Waals surface area contributed by atoms with E-state index in [-0.39, 0.29) is 5.82 Å². The second-order valence-corrected chi connectivity index (χ2v) is 5.54. The Morgan fingerprint density at radius 1 is 1.42 bits per heavy atom. The monoisotopic (exact) mass is 259 g/mol. The number of pyridine rings is 1. The minimum absolute atomic E-state index is 0.273. The van der Waals surface area contributed by atoms with Gasteiger partial charge < -0.3 is 10.6 Å². The summed E-state index contributed by atoms with van der Waals surface area (Å²) in [5, 5.41) is 0.825. The van der Waals surface area contributed by atoms with Crippen molar-refractivity contribution in [1.29, 1.82) is 0 Å². The lowest BCUT2D eigenvalue weighted by Gasteiger charge is -2.25. The molecule has 0 amide bonds. The molecule has 3 rings (SSSR count). The molecule has 19 heavy (non-hydrogen) atoms. The predicted octanol–water partition coefficient (Wildman–Crippen LogP) is 3.19. The van der Waals surface area contributed by atoms with E-state index in [1.807, 2.05) is 12.1 Å². The largest absolute Gasteiger partial charge is 0.398 e. The summed E-state index contributed by atoms with van der Waals surface area (Å²) >= 11 is 0. The summed E-state index contributed by atoms with van der Waals surface area (Å²) in [6.45, 7) is 5.20. The van der Waals surface area contributed by atoms with E-state index in [2.05, 4.69) is 23.7 Å². The van der Waals surface area contributed by atoms with Gasteiger partial charge in [-0.1, -0.05) is 6.92 Å². The third-order valence-corrected chi connectivity index (χ3v) is 3.92. The molecule has 1 aromatic heterocycles. The molecule has 0 aliphatic carbocycles. The van der Waals surface area contributed by atoms with Gasteiger partial charge in [-0.3, -0.25) is 4.98 Å². The van der Waals surface area contributed by atoms with Crippen molar-refractivity contribution in [3.05, 3.63) is 30.2 Å². The number of nitrogens with two attached hydrogens (primary N) is 1. The highest BCUT2D eigenvalue weighted by Gasteiger charge is 2.30. The zero-order valence-corrected chi connectivity index (χ0v) is 11.2. The summed E-state index contributed by atoms with van der Waals surface area (Å²) in [6.07, 6.45) is 2.77. The maximum atomic E-state index is 14.4. The normalized spacial score (nSPS) is 23.2. The fourth-order valence-corrected chi connectivity index (χ4v) is 3.11. The molecular formula is C15H18FN3. The Hall–Kier alpha value is -1.84. The average molecular weight is 259 g/mol. The van der Waals surface area contributed by atoms with Crippen LogP contribution >= 0.6 is 0 Å². The molecule has 2 heterocycles. The number of nitrogen functional groups attached to an aromatic ring is 1. The Labute approximate surface area is 112 Å². The summed E-state index contributed by atoms with van der Waals surface area (Å²) in [5.41, 5.74) is 7.60. The van der Waals surface area contributed by atoms with Crippen LogP contribution in [-0.2, 0) is 0 Å². The van der Waals surface area contributed by atoms with E-state index >= 15 is 0 Å². The molecule has 0 saturated carbocycles. The minimum atomic E-state index is -0.273. The molecule has 3 nitrogen and oxygen atoms in total. The first-order valence-electron chi connectivity index (χ1n) is 6.67. The maximum absolute atomic E-state index is 14.4. The van der Waals surface area contributed by atoms with E-state index in [9.17, 15) is 4.39 Å². The van der Waals surface area contributed by atoms with Gasteiger partial charge in [-0.2, -0.15) is 0 Å². The van der Waals surface area contributed by atoms with Crippen LogP contribution in [0.4, 0.5) is 15.8 Å². The molecule has 100 valence electrons. The topological polar surface area (TPSA) is 42.1 Å². The molecule has 2 aromatic rings. The van der Waals surface area contributed by atoms with Gasteiger partial charge in [-0.15, -0.1) is 0 Å². The molecule has 1 aliphatic rings. The summed E-state index contributed by atoms with van der Waals surface area (Å²) in [4.78, 5) is 6.47. The van der Waals surface area contributed by atoms with E-state index in [0.29, 0.717) is 28.9 Å². The lowest BCUT2D eigenvalue weighted by molar-refractivity contribution is 0.614. The van der Waals surface area contributed by atoms with Gasteiger partial charge in [-0.25, -0.2) is 4.39 Å². The number of anilines is 2. The van der Waals surface area contributed by atoms with Crippen LogP contribution < -0.4 is 10.6 Å². The Morgan fingerprint density at radius 2 is 2.21 bits per heavy atom. The van der Waals surface area contributed by atoms with Gasteiger partial charge in [0, 0.05) is 29.9 Å². The Morgan fingerprint density at radius 3 is 2.89 bits per heavy atom. The second kappa shape index (κ2) is 4.37. The number of rotatable bonds is 1. The van der Waals surface area contributed by atoms with Crippen molar-refractivity contribution in [2.75, 3.05) is 17.2 Å². The summed E-state index contributed by atoms with van der Waals surface area (Å²) < 4.78 is 14.4.